The van der Waals surface area contributed by atoms with E-state index < -0.39 is 5.91 Å². The van der Waals surface area contributed by atoms with Crippen molar-refractivity contribution in [2.75, 3.05) is 26.2 Å². The molecule has 1 aliphatic rings. The summed E-state index contributed by atoms with van der Waals surface area (Å²) in [6, 6.07) is 14.8. The summed E-state index contributed by atoms with van der Waals surface area (Å²) < 4.78 is 0. The number of piperazine rings is 1. The number of carbonyl (C=O) groups is 1. The molecule has 0 atom stereocenters. The largest absolute Gasteiger partial charge is 0.368 e. The van der Waals surface area contributed by atoms with E-state index in [4.69, 9.17) is 5.21 Å². The van der Waals surface area contributed by atoms with Gasteiger partial charge >= 0.3 is 0 Å². The summed E-state index contributed by atoms with van der Waals surface area (Å²) in [6.45, 7) is 13.4. The van der Waals surface area contributed by atoms with Crippen LogP contribution in [0.2, 0.25) is 0 Å². The fourth-order valence-corrected chi connectivity index (χ4v) is 3.73. The molecule has 6 nitrogen and oxygen atoms in total. The molecule has 0 radical (unpaired) electrons. The first kappa shape index (κ1) is 22.3. The maximum Gasteiger partial charge on any atom is 0.275 e. The number of nitrogens with one attached hydrogen (secondary N) is 1. The fraction of sp³-hybridized carbons (Fsp3) is 0.280. The average molecular weight is 419 g/mol. The summed E-state index contributed by atoms with van der Waals surface area (Å²) >= 11 is 0. The molecule has 0 saturated carbocycles. The minimum Gasteiger partial charge on any atom is -0.368 e. The maximum atomic E-state index is 11.7. The highest BCUT2D eigenvalue weighted by molar-refractivity contribution is 6.11. The van der Waals surface area contributed by atoms with Gasteiger partial charge in [0.25, 0.3) is 5.91 Å². The van der Waals surface area contributed by atoms with Gasteiger partial charge in [-0.1, -0.05) is 49.1 Å². The molecule has 0 unspecified atom stereocenters. The monoisotopic (exact) mass is 418 g/mol. The van der Waals surface area contributed by atoms with Crippen LogP contribution in [-0.4, -0.2) is 53.3 Å². The van der Waals surface area contributed by atoms with Gasteiger partial charge in [-0.15, -0.1) is 0 Å². The fourth-order valence-electron chi connectivity index (χ4n) is 3.73. The molecule has 1 amide bonds. The van der Waals surface area contributed by atoms with Gasteiger partial charge in [-0.25, -0.2) is 10.5 Å². The summed E-state index contributed by atoms with van der Waals surface area (Å²) in [5, 5.41) is 11.3. The minimum absolute atomic E-state index is 0.310. The van der Waals surface area contributed by atoms with Crippen molar-refractivity contribution in [2.24, 2.45) is 4.99 Å². The van der Waals surface area contributed by atoms with E-state index in [0.29, 0.717) is 5.57 Å². The van der Waals surface area contributed by atoms with Gasteiger partial charge < -0.3 is 9.80 Å². The molecular weight excluding hydrogens is 388 g/mol. The molecule has 1 aliphatic heterocycles. The van der Waals surface area contributed by atoms with Crippen LogP contribution in [0.25, 0.3) is 16.5 Å². The van der Waals surface area contributed by atoms with Gasteiger partial charge in [-0.3, -0.25) is 10.0 Å². The number of aliphatic imine (C=N–C) groups is 1. The Morgan fingerprint density at radius 2 is 1.71 bits per heavy atom. The normalized spacial score (nSPS) is 14.8. The zero-order valence-electron chi connectivity index (χ0n) is 18.4. The molecule has 162 valence electrons. The van der Waals surface area contributed by atoms with Crippen LogP contribution in [0.4, 0.5) is 0 Å². The number of hydrogen-bond acceptors (Lipinski definition) is 5. The predicted molar refractivity (Wildman–Crippen MR) is 127 cm³/mol. The molecular formula is C25H30N4O2. The number of nitrogens with zero attached hydrogens (tertiary/aromatic N) is 3. The first-order valence-corrected chi connectivity index (χ1v) is 10.4. The molecule has 1 saturated heterocycles. The van der Waals surface area contributed by atoms with Crippen LogP contribution in [0.3, 0.4) is 0 Å². The second-order valence-corrected chi connectivity index (χ2v) is 7.75. The number of hydrogen-bond donors (Lipinski definition) is 2. The van der Waals surface area contributed by atoms with Crippen LogP contribution in [0.1, 0.15) is 26.3 Å². The van der Waals surface area contributed by atoms with Crippen LogP contribution < -0.4 is 5.48 Å². The topological polar surface area (TPSA) is 68.2 Å². The number of carbonyl (C=O) groups excluding carboxylic acids is 1. The van der Waals surface area contributed by atoms with Gasteiger partial charge in [-0.05, 0) is 48.7 Å². The molecule has 31 heavy (non-hydrogen) atoms. The first-order chi connectivity index (χ1) is 14.9. The standard InChI is InChI=1S/C25H30N4O2/c1-5-20(25(30)27-31)17-26-24(18(2)3)29-14-12-28(13-15-29)19(4)22-11-10-21-8-6-7-9-23(21)16-22/h5-11,16-17,31H,4,12-15H2,1-3H3,(H,27,30)/b20-5+,26-17-. The highest BCUT2D eigenvalue weighted by atomic mass is 16.5. The van der Waals surface area contributed by atoms with Crippen molar-refractivity contribution in [3.63, 3.8) is 0 Å². The van der Waals surface area contributed by atoms with Gasteiger partial charge in [-0.2, -0.15) is 0 Å². The predicted octanol–water partition coefficient (Wildman–Crippen LogP) is 4.20. The van der Waals surface area contributed by atoms with Gasteiger partial charge in [0.1, 0.15) is 5.82 Å². The van der Waals surface area contributed by atoms with Crippen molar-refractivity contribution in [1.82, 2.24) is 15.3 Å². The van der Waals surface area contributed by atoms with E-state index in [1.165, 1.54) is 17.0 Å². The lowest BCUT2D eigenvalue weighted by Gasteiger charge is -2.38. The van der Waals surface area contributed by atoms with E-state index >= 15 is 0 Å². The van der Waals surface area contributed by atoms with Crippen LogP contribution in [0.5, 0.6) is 0 Å². The SMILES string of the molecule is C=C(c1ccc2ccccc2c1)N1CCN(C(/N=C\C(=C/C)C(=O)NO)=C(C)C)CC1. The Morgan fingerprint density at radius 3 is 2.32 bits per heavy atom. The number of hydroxylamine groups is 1. The molecule has 0 spiro atoms. The van der Waals surface area contributed by atoms with Crippen molar-refractivity contribution >= 4 is 28.6 Å². The number of benzene rings is 2. The van der Waals surface area contributed by atoms with Gasteiger partial charge in [0.15, 0.2) is 0 Å². The highest BCUT2D eigenvalue weighted by Gasteiger charge is 2.21. The van der Waals surface area contributed by atoms with Crippen LogP contribution in [-0.2, 0) is 4.79 Å². The lowest BCUT2D eigenvalue weighted by atomic mass is 10.0. The summed E-state index contributed by atoms with van der Waals surface area (Å²) in [4.78, 5) is 20.7. The summed E-state index contributed by atoms with van der Waals surface area (Å²) in [5.41, 5.74) is 5.20. The van der Waals surface area contributed by atoms with Crippen LogP contribution in [0, 0.1) is 0 Å². The number of amides is 1. The van der Waals surface area contributed by atoms with Crippen molar-refractivity contribution in [1.29, 1.82) is 0 Å². The zero-order valence-corrected chi connectivity index (χ0v) is 18.4. The molecule has 1 heterocycles. The Labute approximate surface area is 183 Å². The smallest absolute Gasteiger partial charge is 0.275 e. The summed E-state index contributed by atoms with van der Waals surface area (Å²) in [6.07, 6.45) is 3.11. The van der Waals surface area contributed by atoms with Gasteiger partial charge in [0.2, 0.25) is 0 Å². The Bertz CT molecular complexity index is 1060. The quantitative estimate of drug-likeness (QED) is 0.319. The van der Waals surface area contributed by atoms with E-state index in [9.17, 15) is 4.79 Å². The Kier molecular flexibility index (Phi) is 7.26. The summed E-state index contributed by atoms with van der Waals surface area (Å²) in [5.74, 6) is 0.275. The van der Waals surface area contributed by atoms with Crippen molar-refractivity contribution in [3.05, 3.63) is 77.7 Å². The van der Waals surface area contributed by atoms with Gasteiger partial charge in [0, 0.05) is 38.1 Å². The molecule has 2 N–H and O–H groups in total. The van der Waals surface area contributed by atoms with E-state index in [1.807, 2.05) is 13.8 Å². The minimum atomic E-state index is -0.573. The second kappa shape index (κ2) is 10.1. The Morgan fingerprint density at radius 1 is 1.06 bits per heavy atom. The average Bonchev–Trinajstić information content (AvgIpc) is 2.80. The third-order valence-corrected chi connectivity index (χ3v) is 5.49. The third-order valence-electron chi connectivity index (χ3n) is 5.49. The number of fused-ring (bicyclic) bond motifs is 1. The molecule has 0 bridgehead atoms. The lowest BCUT2D eigenvalue weighted by Crippen LogP contribution is -2.44. The van der Waals surface area contributed by atoms with Crippen molar-refractivity contribution < 1.29 is 10.0 Å². The third kappa shape index (κ3) is 5.22. The van der Waals surface area contributed by atoms with Crippen LogP contribution in [0.15, 0.2) is 77.1 Å². The molecule has 0 aliphatic carbocycles. The van der Waals surface area contributed by atoms with E-state index in [2.05, 4.69) is 63.8 Å². The first-order valence-electron chi connectivity index (χ1n) is 10.4. The number of rotatable bonds is 6. The molecule has 2 aromatic carbocycles. The maximum absolute atomic E-state index is 11.7. The number of allylic oxidation sites excluding steroid dienone is 2. The zero-order chi connectivity index (χ0) is 22.4. The van der Waals surface area contributed by atoms with E-state index in [-0.39, 0.29) is 0 Å². The Balaban J connectivity index is 1.68. The molecule has 1 fully saturated rings. The molecule has 0 aromatic heterocycles. The van der Waals surface area contributed by atoms with E-state index in [1.54, 1.807) is 18.5 Å². The van der Waals surface area contributed by atoms with Crippen LogP contribution >= 0.6 is 0 Å². The van der Waals surface area contributed by atoms with Crippen molar-refractivity contribution in [3.8, 4) is 0 Å². The van der Waals surface area contributed by atoms with Crippen molar-refractivity contribution in [2.45, 2.75) is 20.8 Å². The summed E-state index contributed by atoms with van der Waals surface area (Å²) in [7, 11) is 0. The molecule has 6 heteroatoms. The second-order valence-electron chi connectivity index (χ2n) is 7.75. The van der Waals surface area contributed by atoms with Gasteiger partial charge in [0.05, 0.1) is 5.57 Å². The molecule has 2 aromatic rings. The lowest BCUT2D eigenvalue weighted by molar-refractivity contribution is -0.124. The highest BCUT2D eigenvalue weighted by Crippen LogP contribution is 2.25. The van der Waals surface area contributed by atoms with E-state index in [0.717, 1.165) is 48.8 Å². The Hall–Kier alpha value is -3.38. The molecule has 3 rings (SSSR count).